The van der Waals surface area contributed by atoms with Gasteiger partial charge in [0, 0.05) is 31.3 Å². The molecule has 1 aromatic carbocycles. The fourth-order valence-electron chi connectivity index (χ4n) is 3.63. The number of piperidine rings is 1. The molecule has 0 N–H and O–H groups in total. The molecule has 1 aromatic rings. The first-order valence-corrected chi connectivity index (χ1v) is 9.89. The van der Waals surface area contributed by atoms with Gasteiger partial charge >= 0.3 is 6.18 Å². The first-order valence-electron chi connectivity index (χ1n) is 9.89. The van der Waals surface area contributed by atoms with Crippen molar-refractivity contribution in [3.8, 4) is 5.75 Å². The fraction of sp³-hybridized carbons (Fsp3) is 0.619. The highest BCUT2D eigenvalue weighted by Crippen LogP contribution is 2.33. The molecule has 7 heteroatoms. The first kappa shape index (κ1) is 20.7. The Balaban J connectivity index is 1.58. The molecular weight excluding hydrogens is 371 g/mol. The fourth-order valence-corrected chi connectivity index (χ4v) is 3.63. The Labute approximate surface area is 164 Å². The third kappa shape index (κ3) is 5.97. The van der Waals surface area contributed by atoms with Crippen molar-refractivity contribution in [2.75, 3.05) is 38.3 Å². The van der Waals surface area contributed by atoms with Crippen molar-refractivity contribution in [1.82, 2.24) is 0 Å². The van der Waals surface area contributed by atoms with E-state index >= 15 is 0 Å². The molecule has 1 fully saturated rings. The molecule has 3 rings (SSSR count). The van der Waals surface area contributed by atoms with Crippen molar-refractivity contribution >= 4 is 5.69 Å². The predicted octanol–water partition coefficient (Wildman–Crippen LogP) is 5.07. The topological polar surface area (TPSA) is 30.9 Å². The molecule has 0 unspecified atom stereocenters. The summed E-state index contributed by atoms with van der Waals surface area (Å²) in [5.41, 5.74) is 1.56. The summed E-state index contributed by atoms with van der Waals surface area (Å²) >= 11 is 0. The average Bonchev–Trinajstić information content (AvgIpc) is 2.71. The van der Waals surface area contributed by atoms with E-state index in [1.165, 1.54) is 0 Å². The maximum atomic E-state index is 12.7. The van der Waals surface area contributed by atoms with Crippen LogP contribution in [-0.4, -0.2) is 39.6 Å². The lowest BCUT2D eigenvalue weighted by molar-refractivity contribution is -0.133. The summed E-state index contributed by atoms with van der Waals surface area (Å²) < 4.78 is 54.6. The van der Waals surface area contributed by atoms with Crippen LogP contribution in [0.4, 0.5) is 18.9 Å². The molecule has 0 aliphatic carbocycles. The third-order valence-corrected chi connectivity index (χ3v) is 5.29. The van der Waals surface area contributed by atoms with Crippen LogP contribution in [0, 0.1) is 5.92 Å². The van der Waals surface area contributed by atoms with Gasteiger partial charge in [0.2, 0.25) is 0 Å². The van der Waals surface area contributed by atoms with Gasteiger partial charge in [0.15, 0.2) is 0 Å². The van der Waals surface area contributed by atoms with Gasteiger partial charge in [-0.05, 0) is 55.7 Å². The van der Waals surface area contributed by atoms with Crippen LogP contribution in [0.2, 0.25) is 0 Å². The van der Waals surface area contributed by atoms with E-state index in [0.29, 0.717) is 36.4 Å². The van der Waals surface area contributed by atoms with Gasteiger partial charge in [-0.15, -0.1) is 0 Å². The van der Waals surface area contributed by atoms with Gasteiger partial charge in [0.1, 0.15) is 5.75 Å². The predicted molar refractivity (Wildman–Crippen MR) is 102 cm³/mol. The van der Waals surface area contributed by atoms with Crippen molar-refractivity contribution in [3.05, 3.63) is 35.8 Å². The minimum Gasteiger partial charge on any atom is -0.497 e. The lowest BCUT2D eigenvalue weighted by Gasteiger charge is -2.35. The van der Waals surface area contributed by atoms with Gasteiger partial charge in [-0.3, -0.25) is 0 Å². The highest BCUT2D eigenvalue weighted by atomic mass is 19.4. The number of halogens is 3. The molecule has 4 nitrogen and oxygen atoms in total. The second-order valence-electron chi connectivity index (χ2n) is 7.37. The Morgan fingerprint density at radius 3 is 2.64 bits per heavy atom. The molecule has 1 saturated heterocycles. The normalized spacial score (nSPS) is 18.4. The molecular formula is C21H28F3NO3. The zero-order valence-electron chi connectivity index (χ0n) is 16.3. The number of hydrogen-bond acceptors (Lipinski definition) is 4. The Bertz CT molecular complexity index is 667. The maximum absolute atomic E-state index is 12.7. The summed E-state index contributed by atoms with van der Waals surface area (Å²) in [5, 5.41) is 0. The number of hydrogen-bond donors (Lipinski definition) is 0. The SMILES string of the molecule is COc1ccc(CCC(F)(F)F)c(N2CCC(COC3=CCCCO3)CC2)c1. The van der Waals surface area contributed by atoms with Crippen LogP contribution in [-0.2, 0) is 15.9 Å². The number of anilines is 1. The highest BCUT2D eigenvalue weighted by molar-refractivity contribution is 5.57. The monoisotopic (exact) mass is 399 g/mol. The molecule has 28 heavy (non-hydrogen) atoms. The second-order valence-corrected chi connectivity index (χ2v) is 7.37. The van der Waals surface area contributed by atoms with Gasteiger partial charge in [0.25, 0.3) is 5.95 Å². The van der Waals surface area contributed by atoms with E-state index in [1.54, 1.807) is 19.2 Å². The van der Waals surface area contributed by atoms with Crippen LogP contribution in [0.3, 0.4) is 0 Å². The zero-order valence-corrected chi connectivity index (χ0v) is 16.3. The van der Waals surface area contributed by atoms with Gasteiger partial charge in [-0.1, -0.05) is 6.07 Å². The number of alkyl halides is 3. The third-order valence-electron chi connectivity index (χ3n) is 5.29. The molecule has 156 valence electrons. The number of methoxy groups -OCH3 is 1. The van der Waals surface area contributed by atoms with Gasteiger partial charge in [-0.2, -0.15) is 13.2 Å². The first-order chi connectivity index (χ1) is 13.4. The lowest BCUT2D eigenvalue weighted by Crippen LogP contribution is -2.35. The molecule has 2 heterocycles. The van der Waals surface area contributed by atoms with E-state index in [-0.39, 0.29) is 6.42 Å². The zero-order chi connectivity index (χ0) is 20.0. The number of benzene rings is 1. The summed E-state index contributed by atoms with van der Waals surface area (Å²) in [6.45, 7) is 2.92. The van der Waals surface area contributed by atoms with E-state index in [9.17, 15) is 13.2 Å². The number of rotatable bonds is 7. The standard InChI is InChI=1S/C21H28F3NO3/c1-26-18-6-5-17(7-10-21(22,23)24)19(14-18)25-11-8-16(9-12-25)15-28-20-4-2-3-13-27-20/h4-6,14,16H,2-3,7-13,15H2,1H3. The Morgan fingerprint density at radius 2 is 2.00 bits per heavy atom. The maximum Gasteiger partial charge on any atom is 0.389 e. The van der Waals surface area contributed by atoms with Crippen molar-refractivity contribution < 1.29 is 27.4 Å². The van der Waals surface area contributed by atoms with Crippen molar-refractivity contribution in [3.63, 3.8) is 0 Å². The van der Waals surface area contributed by atoms with Crippen LogP contribution in [0.1, 0.15) is 37.7 Å². The summed E-state index contributed by atoms with van der Waals surface area (Å²) in [4.78, 5) is 2.17. The summed E-state index contributed by atoms with van der Waals surface area (Å²) in [5.74, 6) is 1.72. The van der Waals surface area contributed by atoms with Crippen LogP contribution in [0.5, 0.6) is 5.75 Å². The smallest absolute Gasteiger partial charge is 0.389 e. The van der Waals surface area contributed by atoms with E-state index in [1.807, 2.05) is 12.1 Å². The summed E-state index contributed by atoms with van der Waals surface area (Å²) in [6.07, 6.45) is 0.890. The van der Waals surface area contributed by atoms with Crippen molar-refractivity contribution in [1.29, 1.82) is 0 Å². The van der Waals surface area contributed by atoms with E-state index in [2.05, 4.69) is 4.90 Å². The molecule has 0 spiro atoms. The number of aryl methyl sites for hydroxylation is 1. The van der Waals surface area contributed by atoms with Gasteiger partial charge < -0.3 is 19.1 Å². The number of ether oxygens (including phenoxy) is 3. The molecule has 0 aromatic heterocycles. The van der Waals surface area contributed by atoms with E-state index in [4.69, 9.17) is 14.2 Å². The quantitative estimate of drug-likeness (QED) is 0.640. The van der Waals surface area contributed by atoms with Gasteiger partial charge in [0.05, 0.1) is 20.3 Å². The average molecular weight is 399 g/mol. The summed E-state index contributed by atoms with van der Waals surface area (Å²) in [7, 11) is 1.57. The Hall–Kier alpha value is -2.05. The Kier molecular flexibility index (Phi) is 6.97. The molecule has 0 bridgehead atoms. The van der Waals surface area contributed by atoms with Crippen LogP contribution >= 0.6 is 0 Å². The second kappa shape index (κ2) is 9.43. The van der Waals surface area contributed by atoms with E-state index in [0.717, 1.165) is 44.5 Å². The Morgan fingerprint density at radius 1 is 1.21 bits per heavy atom. The molecule has 0 saturated carbocycles. The van der Waals surface area contributed by atoms with Gasteiger partial charge in [-0.25, -0.2) is 0 Å². The largest absolute Gasteiger partial charge is 0.497 e. The number of allylic oxidation sites excluding steroid dienone is 1. The highest BCUT2D eigenvalue weighted by Gasteiger charge is 2.28. The molecule has 2 aliphatic rings. The minimum absolute atomic E-state index is 0.0165. The van der Waals surface area contributed by atoms with Crippen LogP contribution in [0.25, 0.3) is 0 Å². The van der Waals surface area contributed by atoms with E-state index < -0.39 is 12.6 Å². The van der Waals surface area contributed by atoms with Crippen LogP contribution < -0.4 is 9.64 Å². The minimum atomic E-state index is -4.16. The molecule has 0 atom stereocenters. The van der Waals surface area contributed by atoms with Crippen molar-refractivity contribution in [2.24, 2.45) is 5.92 Å². The van der Waals surface area contributed by atoms with Crippen molar-refractivity contribution in [2.45, 2.75) is 44.7 Å². The summed E-state index contributed by atoms with van der Waals surface area (Å²) in [6, 6.07) is 5.33. The number of nitrogens with zero attached hydrogens (tertiary/aromatic N) is 1. The molecule has 0 radical (unpaired) electrons. The lowest BCUT2D eigenvalue weighted by atomic mass is 9.96. The van der Waals surface area contributed by atoms with Crippen LogP contribution in [0.15, 0.2) is 30.2 Å². The molecule has 0 amide bonds. The molecule has 2 aliphatic heterocycles.